The molecule has 1 fully saturated rings. The predicted molar refractivity (Wildman–Crippen MR) is 104 cm³/mol. The van der Waals surface area contributed by atoms with Crippen molar-refractivity contribution in [3.63, 3.8) is 0 Å². The van der Waals surface area contributed by atoms with Crippen molar-refractivity contribution in [1.29, 1.82) is 0 Å². The average molecular weight is 449 g/mol. The molecule has 0 unspecified atom stereocenters. The highest BCUT2D eigenvalue weighted by Gasteiger charge is 2.43. The summed E-state index contributed by atoms with van der Waals surface area (Å²) in [6.45, 7) is 2.33. The van der Waals surface area contributed by atoms with Gasteiger partial charge in [-0.1, -0.05) is 45.8 Å². The van der Waals surface area contributed by atoms with Gasteiger partial charge in [0.1, 0.15) is 11.8 Å². The Labute approximate surface area is 166 Å². The van der Waals surface area contributed by atoms with Crippen LogP contribution in [0.4, 0.5) is 0 Å². The number of aryl methyl sites for hydroxylation is 1. The van der Waals surface area contributed by atoms with Crippen LogP contribution in [0.5, 0.6) is 0 Å². The van der Waals surface area contributed by atoms with Crippen LogP contribution in [0.15, 0.2) is 63.0 Å². The van der Waals surface area contributed by atoms with Crippen LogP contribution in [0.3, 0.4) is 0 Å². The Morgan fingerprint density at radius 2 is 1.78 bits per heavy atom. The number of sulfonamides is 1. The number of halogens is 1. The zero-order valence-corrected chi connectivity index (χ0v) is 16.9. The van der Waals surface area contributed by atoms with Crippen LogP contribution in [-0.2, 0) is 19.6 Å². The Morgan fingerprint density at radius 1 is 1.15 bits per heavy atom. The highest BCUT2D eigenvalue weighted by molar-refractivity contribution is 9.10. The summed E-state index contributed by atoms with van der Waals surface area (Å²) in [5.74, 6) is -0.667. The summed E-state index contributed by atoms with van der Waals surface area (Å²) in [5.41, 5.74) is 2.04. The first-order valence-corrected chi connectivity index (χ1v) is 10.7. The Balaban J connectivity index is 1.71. The summed E-state index contributed by atoms with van der Waals surface area (Å²) < 4.78 is 33.0. The number of Topliss-reactive ketones (excluding diaryl/α,β-unsaturated/α-hetero) is 1. The third-order valence-electron chi connectivity index (χ3n) is 4.63. The highest BCUT2D eigenvalue weighted by atomic mass is 79.9. The van der Waals surface area contributed by atoms with E-state index in [1.807, 2.05) is 31.2 Å². The molecule has 0 aliphatic carbocycles. The molecule has 8 heteroatoms. The van der Waals surface area contributed by atoms with Gasteiger partial charge in [-0.3, -0.25) is 4.79 Å². The van der Waals surface area contributed by atoms with E-state index in [0.29, 0.717) is 6.61 Å². The van der Waals surface area contributed by atoms with Gasteiger partial charge in [-0.2, -0.15) is 17.9 Å². The molecule has 2 aliphatic rings. The standard InChI is InChI=1S/C19H17BrN2O4S/c1-12-2-8-15(9-3-12)27(24,25)22-10-16(13-4-6-14(20)7-5-13)18(21-22)19(23)17-11-26-17/h2-9,16-17H,10-11H2,1H3/t16-,17+/m0/s1. The van der Waals surface area contributed by atoms with Crippen molar-refractivity contribution in [3.05, 3.63) is 64.1 Å². The Hall–Kier alpha value is -2.03. The van der Waals surface area contributed by atoms with E-state index in [-0.39, 0.29) is 22.9 Å². The molecule has 140 valence electrons. The number of hydrogen-bond acceptors (Lipinski definition) is 5. The summed E-state index contributed by atoms with van der Waals surface area (Å²) in [7, 11) is -3.83. The van der Waals surface area contributed by atoms with E-state index in [4.69, 9.17) is 4.74 Å². The van der Waals surface area contributed by atoms with E-state index in [1.54, 1.807) is 24.3 Å². The molecule has 1 saturated heterocycles. The molecule has 6 nitrogen and oxygen atoms in total. The van der Waals surface area contributed by atoms with Crippen molar-refractivity contribution >= 4 is 37.4 Å². The summed E-state index contributed by atoms with van der Waals surface area (Å²) in [4.78, 5) is 12.8. The normalized spacial score (nSPS) is 21.9. The van der Waals surface area contributed by atoms with E-state index >= 15 is 0 Å². The largest absolute Gasteiger partial charge is 0.364 e. The quantitative estimate of drug-likeness (QED) is 0.658. The van der Waals surface area contributed by atoms with E-state index in [0.717, 1.165) is 20.0 Å². The topological polar surface area (TPSA) is 79.3 Å². The second-order valence-electron chi connectivity index (χ2n) is 6.60. The number of ether oxygens (including phenoxy) is 1. The fourth-order valence-electron chi connectivity index (χ4n) is 3.00. The number of epoxide rings is 1. The third-order valence-corrected chi connectivity index (χ3v) is 6.82. The van der Waals surface area contributed by atoms with Gasteiger partial charge in [-0.05, 0) is 36.8 Å². The number of benzene rings is 2. The van der Waals surface area contributed by atoms with Crippen molar-refractivity contribution < 1.29 is 17.9 Å². The summed E-state index contributed by atoms with van der Waals surface area (Å²) in [6, 6.07) is 14.0. The minimum Gasteiger partial charge on any atom is -0.364 e. The number of nitrogens with zero attached hydrogens (tertiary/aromatic N) is 2. The van der Waals surface area contributed by atoms with Crippen LogP contribution in [0.25, 0.3) is 0 Å². The van der Waals surface area contributed by atoms with Crippen molar-refractivity contribution in [2.75, 3.05) is 13.2 Å². The lowest BCUT2D eigenvalue weighted by atomic mass is 9.92. The van der Waals surface area contributed by atoms with Gasteiger partial charge in [-0.15, -0.1) is 0 Å². The third kappa shape index (κ3) is 3.56. The second kappa shape index (κ2) is 6.85. The first kappa shape index (κ1) is 18.3. The maximum atomic E-state index is 13.0. The number of hydrazone groups is 1. The zero-order chi connectivity index (χ0) is 19.2. The van der Waals surface area contributed by atoms with Gasteiger partial charge in [0.15, 0.2) is 0 Å². The predicted octanol–water partition coefficient (Wildman–Crippen LogP) is 2.87. The molecule has 0 N–H and O–H groups in total. The van der Waals surface area contributed by atoms with Crippen molar-refractivity contribution in [2.24, 2.45) is 5.10 Å². The van der Waals surface area contributed by atoms with Gasteiger partial charge < -0.3 is 4.74 Å². The van der Waals surface area contributed by atoms with Crippen molar-refractivity contribution in [1.82, 2.24) is 4.41 Å². The highest BCUT2D eigenvalue weighted by Crippen LogP contribution is 2.32. The van der Waals surface area contributed by atoms with Crippen LogP contribution in [0.1, 0.15) is 17.0 Å². The first-order valence-electron chi connectivity index (χ1n) is 8.45. The van der Waals surface area contributed by atoms with Gasteiger partial charge in [0, 0.05) is 4.47 Å². The molecule has 0 radical (unpaired) electrons. The molecule has 0 bridgehead atoms. The number of carbonyl (C=O) groups is 1. The lowest BCUT2D eigenvalue weighted by Gasteiger charge is -2.16. The Morgan fingerprint density at radius 3 is 2.37 bits per heavy atom. The molecule has 2 aliphatic heterocycles. The molecular weight excluding hydrogens is 432 g/mol. The molecule has 0 amide bonds. The fraction of sp³-hybridized carbons (Fsp3) is 0.263. The molecule has 27 heavy (non-hydrogen) atoms. The maximum absolute atomic E-state index is 13.0. The zero-order valence-electron chi connectivity index (χ0n) is 14.5. The molecule has 0 spiro atoms. The van der Waals surface area contributed by atoms with E-state index in [9.17, 15) is 13.2 Å². The van der Waals surface area contributed by atoms with E-state index in [1.165, 1.54) is 0 Å². The number of carbonyl (C=O) groups excluding carboxylic acids is 1. The first-order chi connectivity index (χ1) is 12.9. The summed E-state index contributed by atoms with van der Waals surface area (Å²) in [5, 5.41) is 4.22. The fourth-order valence-corrected chi connectivity index (χ4v) is 4.53. The lowest BCUT2D eigenvalue weighted by molar-refractivity contribution is -0.114. The van der Waals surface area contributed by atoms with Crippen molar-refractivity contribution in [3.8, 4) is 0 Å². The Kier molecular flexibility index (Phi) is 4.65. The number of rotatable bonds is 5. The second-order valence-corrected chi connectivity index (χ2v) is 9.36. The summed E-state index contributed by atoms with van der Waals surface area (Å²) >= 11 is 3.39. The van der Waals surface area contributed by atoms with Crippen molar-refractivity contribution in [2.45, 2.75) is 23.8 Å². The van der Waals surface area contributed by atoms with Crippen LogP contribution < -0.4 is 0 Å². The van der Waals surface area contributed by atoms with E-state index < -0.39 is 22.0 Å². The van der Waals surface area contributed by atoms with Gasteiger partial charge in [0.05, 0.1) is 24.0 Å². The monoisotopic (exact) mass is 448 g/mol. The van der Waals surface area contributed by atoms with Gasteiger partial charge >= 0.3 is 0 Å². The van der Waals surface area contributed by atoms with Crippen LogP contribution >= 0.6 is 15.9 Å². The number of ketones is 1. The van der Waals surface area contributed by atoms with E-state index in [2.05, 4.69) is 21.0 Å². The molecular formula is C19H17BrN2O4S. The molecule has 0 aromatic heterocycles. The van der Waals surface area contributed by atoms with Gasteiger partial charge in [-0.25, -0.2) is 0 Å². The molecule has 4 rings (SSSR count). The molecule has 2 aromatic rings. The SMILES string of the molecule is Cc1ccc(S(=O)(=O)N2C[C@@H](c3ccc(Br)cc3)C(C(=O)[C@H]3CO3)=N2)cc1. The number of hydrogen-bond donors (Lipinski definition) is 0. The molecule has 2 aromatic carbocycles. The Bertz CT molecular complexity index is 1010. The minimum atomic E-state index is -3.83. The van der Waals surface area contributed by atoms with Gasteiger partial charge in [0.2, 0.25) is 5.78 Å². The smallest absolute Gasteiger partial charge is 0.279 e. The lowest BCUT2D eigenvalue weighted by Crippen LogP contribution is -2.27. The van der Waals surface area contributed by atoms with Crippen LogP contribution in [0, 0.1) is 6.92 Å². The minimum absolute atomic E-state index is 0.0889. The van der Waals surface area contributed by atoms with Crippen LogP contribution in [-0.4, -0.2) is 43.6 Å². The average Bonchev–Trinajstić information content (AvgIpc) is 3.40. The van der Waals surface area contributed by atoms with Gasteiger partial charge in [0.25, 0.3) is 10.0 Å². The van der Waals surface area contributed by atoms with Crippen LogP contribution in [0.2, 0.25) is 0 Å². The molecule has 0 saturated carbocycles. The molecule has 2 atom stereocenters. The molecule has 2 heterocycles. The maximum Gasteiger partial charge on any atom is 0.279 e. The summed E-state index contributed by atoms with van der Waals surface area (Å²) in [6.07, 6.45) is -0.510.